The number of hydrogen-bond donors (Lipinski definition) is 0. The normalized spacial score (nSPS) is 12.3. The second-order valence-electron chi connectivity index (χ2n) is 9.15. The van der Waals surface area contributed by atoms with Gasteiger partial charge in [0.15, 0.2) is 5.16 Å². The molecule has 0 amide bonds. The van der Waals surface area contributed by atoms with Crippen LogP contribution in [0.4, 0.5) is 13.2 Å². The number of alkyl halides is 3. The van der Waals surface area contributed by atoms with Crippen LogP contribution in [0.2, 0.25) is 0 Å². The molecule has 0 aliphatic heterocycles. The third-order valence-corrected chi connectivity index (χ3v) is 7.50. The van der Waals surface area contributed by atoms with Gasteiger partial charge in [0.1, 0.15) is 5.75 Å². The highest BCUT2D eigenvalue weighted by atomic mass is 32.2. The number of unbranched alkanes of at least 4 members (excludes halogenated alkanes) is 1. The largest absolute Gasteiger partial charge is 0.573 e. The zero-order valence-corrected chi connectivity index (χ0v) is 21.8. The highest BCUT2D eigenvalue weighted by Crippen LogP contribution is 2.37. The number of hydrogen-bond acceptors (Lipinski definition) is 6. The minimum absolute atomic E-state index is 0.0157. The fourth-order valence-corrected chi connectivity index (χ4v) is 4.51. The zero-order valence-electron chi connectivity index (χ0n) is 20.9. The van der Waals surface area contributed by atoms with Crippen molar-refractivity contribution in [3.63, 3.8) is 0 Å². The zero-order chi connectivity index (χ0) is 26.4. The standard InChI is InChI=1S/C25H33F3N2O4S/c1-16(2)24(5,17(3)4)22(32)33-13-9-10-14-35-23-29-15-19(21(31)30(23)6)18-11-7-8-12-20(18)34-25(26,27)28/h7-8,11-12,15-17H,9-10,13-14H2,1-6H3. The van der Waals surface area contributed by atoms with Gasteiger partial charge in [0.25, 0.3) is 5.56 Å². The molecule has 1 aromatic heterocycles. The number of carbonyl (C=O) groups is 1. The molecule has 2 rings (SSSR count). The second kappa shape index (κ2) is 12.0. The monoisotopic (exact) mass is 514 g/mol. The summed E-state index contributed by atoms with van der Waals surface area (Å²) in [5.74, 6) is 0.307. The van der Waals surface area contributed by atoms with Crippen LogP contribution in [0, 0.1) is 17.3 Å². The summed E-state index contributed by atoms with van der Waals surface area (Å²) in [6, 6.07) is 5.47. The molecule has 2 aromatic rings. The topological polar surface area (TPSA) is 70.4 Å². The summed E-state index contributed by atoms with van der Waals surface area (Å²) in [6.07, 6.45) is -2.21. The van der Waals surface area contributed by atoms with Gasteiger partial charge in [-0.2, -0.15) is 0 Å². The Morgan fingerprint density at radius 3 is 2.31 bits per heavy atom. The third kappa shape index (κ3) is 7.25. The molecule has 0 unspecified atom stereocenters. The lowest BCUT2D eigenvalue weighted by molar-refractivity contribution is -0.274. The van der Waals surface area contributed by atoms with Crippen LogP contribution < -0.4 is 10.3 Å². The summed E-state index contributed by atoms with van der Waals surface area (Å²) >= 11 is 1.35. The Labute approximate surface area is 208 Å². The number of para-hydroxylation sites is 1. The van der Waals surface area contributed by atoms with Gasteiger partial charge in [-0.25, -0.2) is 4.98 Å². The molecular formula is C25H33F3N2O4S. The van der Waals surface area contributed by atoms with Crippen molar-refractivity contribution in [1.29, 1.82) is 0 Å². The molecule has 0 aliphatic carbocycles. The molecular weight excluding hydrogens is 481 g/mol. The number of halogens is 3. The van der Waals surface area contributed by atoms with E-state index in [2.05, 4.69) is 9.72 Å². The van der Waals surface area contributed by atoms with Gasteiger partial charge in [-0.05, 0) is 37.7 Å². The number of aromatic nitrogens is 2. The number of carbonyl (C=O) groups excluding carboxylic acids is 1. The van der Waals surface area contributed by atoms with Crippen molar-refractivity contribution in [2.24, 2.45) is 24.3 Å². The van der Waals surface area contributed by atoms with E-state index >= 15 is 0 Å². The van der Waals surface area contributed by atoms with E-state index in [9.17, 15) is 22.8 Å². The number of ether oxygens (including phenoxy) is 2. The molecule has 0 saturated carbocycles. The molecule has 0 spiro atoms. The summed E-state index contributed by atoms with van der Waals surface area (Å²) < 4.78 is 49.1. The maximum absolute atomic E-state index is 12.8. The smallest absolute Gasteiger partial charge is 0.465 e. The lowest BCUT2D eigenvalue weighted by Gasteiger charge is -2.35. The van der Waals surface area contributed by atoms with Crippen LogP contribution in [0.5, 0.6) is 5.75 Å². The van der Waals surface area contributed by atoms with E-state index in [1.807, 2.05) is 34.6 Å². The molecule has 0 aliphatic rings. The van der Waals surface area contributed by atoms with Gasteiger partial charge in [0.05, 0.1) is 17.6 Å². The first kappa shape index (κ1) is 28.7. The Morgan fingerprint density at radius 1 is 1.09 bits per heavy atom. The van der Waals surface area contributed by atoms with Gasteiger partial charge >= 0.3 is 12.3 Å². The molecule has 10 heteroatoms. The fourth-order valence-electron chi connectivity index (χ4n) is 3.58. The molecule has 0 atom stereocenters. The maximum atomic E-state index is 12.8. The lowest BCUT2D eigenvalue weighted by atomic mass is 9.70. The van der Waals surface area contributed by atoms with E-state index in [1.165, 1.54) is 47.8 Å². The van der Waals surface area contributed by atoms with Crippen molar-refractivity contribution in [1.82, 2.24) is 9.55 Å². The van der Waals surface area contributed by atoms with Crippen LogP contribution in [0.25, 0.3) is 11.1 Å². The number of benzene rings is 1. The minimum Gasteiger partial charge on any atom is -0.465 e. The molecule has 0 bridgehead atoms. The van der Waals surface area contributed by atoms with Gasteiger partial charge in [-0.3, -0.25) is 14.2 Å². The van der Waals surface area contributed by atoms with Crippen molar-refractivity contribution in [2.45, 2.75) is 59.0 Å². The van der Waals surface area contributed by atoms with E-state index in [0.717, 1.165) is 12.5 Å². The summed E-state index contributed by atoms with van der Waals surface area (Å²) in [5.41, 5.74) is -0.980. The van der Waals surface area contributed by atoms with Gasteiger partial charge in [0.2, 0.25) is 0 Å². The Balaban J connectivity index is 1.97. The van der Waals surface area contributed by atoms with Gasteiger partial charge < -0.3 is 9.47 Å². The molecule has 194 valence electrons. The summed E-state index contributed by atoms with van der Waals surface area (Å²) in [4.78, 5) is 29.7. The molecule has 35 heavy (non-hydrogen) atoms. The molecule has 0 radical (unpaired) electrons. The third-order valence-electron chi connectivity index (χ3n) is 6.37. The Bertz CT molecular complexity index is 1060. The van der Waals surface area contributed by atoms with Crippen LogP contribution in [0.1, 0.15) is 47.5 Å². The van der Waals surface area contributed by atoms with Crippen LogP contribution in [-0.2, 0) is 16.6 Å². The minimum atomic E-state index is -4.87. The van der Waals surface area contributed by atoms with Crippen molar-refractivity contribution in [3.8, 4) is 16.9 Å². The Hall–Kier alpha value is -2.49. The fraction of sp³-hybridized carbons (Fsp3) is 0.560. The highest BCUT2D eigenvalue weighted by Gasteiger charge is 2.41. The van der Waals surface area contributed by atoms with E-state index < -0.39 is 23.1 Å². The Morgan fingerprint density at radius 2 is 1.71 bits per heavy atom. The van der Waals surface area contributed by atoms with E-state index in [0.29, 0.717) is 23.9 Å². The molecule has 1 aromatic carbocycles. The molecule has 0 fully saturated rings. The lowest BCUT2D eigenvalue weighted by Crippen LogP contribution is -2.39. The molecule has 0 saturated heterocycles. The van der Waals surface area contributed by atoms with Crippen molar-refractivity contribution >= 4 is 17.7 Å². The maximum Gasteiger partial charge on any atom is 0.573 e. The summed E-state index contributed by atoms with van der Waals surface area (Å²) in [7, 11) is 1.52. The van der Waals surface area contributed by atoms with E-state index in [-0.39, 0.29) is 28.9 Å². The number of thioether (sulfide) groups is 1. The first-order chi connectivity index (χ1) is 16.3. The predicted octanol–water partition coefficient (Wildman–Crippen LogP) is 6.08. The van der Waals surface area contributed by atoms with Crippen LogP contribution in [0.15, 0.2) is 40.4 Å². The SMILES string of the molecule is CC(C)C(C)(C(=O)OCCCCSc1ncc(-c2ccccc2OC(F)(F)F)c(=O)n1C)C(C)C. The Kier molecular flexibility index (Phi) is 9.83. The highest BCUT2D eigenvalue weighted by molar-refractivity contribution is 7.99. The summed E-state index contributed by atoms with van der Waals surface area (Å²) in [6.45, 7) is 10.3. The number of rotatable bonds is 11. The molecule has 0 N–H and O–H groups in total. The molecule has 6 nitrogen and oxygen atoms in total. The second-order valence-corrected chi connectivity index (χ2v) is 10.2. The number of esters is 1. The predicted molar refractivity (Wildman–Crippen MR) is 130 cm³/mol. The quantitative estimate of drug-likeness (QED) is 0.157. The average molecular weight is 515 g/mol. The van der Waals surface area contributed by atoms with Crippen molar-refractivity contribution in [3.05, 3.63) is 40.8 Å². The first-order valence-electron chi connectivity index (χ1n) is 11.5. The van der Waals surface area contributed by atoms with Crippen LogP contribution >= 0.6 is 11.8 Å². The van der Waals surface area contributed by atoms with Crippen molar-refractivity contribution in [2.75, 3.05) is 12.4 Å². The first-order valence-corrected chi connectivity index (χ1v) is 12.5. The van der Waals surface area contributed by atoms with Gasteiger partial charge in [-0.15, -0.1) is 13.2 Å². The summed E-state index contributed by atoms with van der Waals surface area (Å²) in [5, 5.41) is 0.442. The average Bonchev–Trinajstić information content (AvgIpc) is 2.77. The van der Waals surface area contributed by atoms with Crippen molar-refractivity contribution < 1.29 is 27.4 Å². The van der Waals surface area contributed by atoms with E-state index in [1.54, 1.807) is 0 Å². The van der Waals surface area contributed by atoms with Crippen LogP contribution in [0.3, 0.4) is 0 Å². The van der Waals surface area contributed by atoms with E-state index in [4.69, 9.17) is 4.74 Å². The van der Waals surface area contributed by atoms with Crippen LogP contribution in [-0.4, -0.2) is 34.2 Å². The number of nitrogens with zero attached hydrogens (tertiary/aromatic N) is 2. The molecule has 1 heterocycles. The van der Waals surface area contributed by atoms with Gasteiger partial charge in [-0.1, -0.05) is 57.7 Å². The van der Waals surface area contributed by atoms with Gasteiger partial charge in [0, 0.05) is 24.6 Å².